The molecule has 0 aromatic heterocycles. The molecule has 0 aliphatic carbocycles. The first-order valence-corrected chi connectivity index (χ1v) is 5.24. The second kappa shape index (κ2) is 6.61. The molecule has 16 heavy (non-hydrogen) atoms. The van der Waals surface area contributed by atoms with Gasteiger partial charge in [-0.3, -0.25) is 0 Å². The number of rotatable bonds is 4. The van der Waals surface area contributed by atoms with E-state index >= 15 is 0 Å². The van der Waals surface area contributed by atoms with Gasteiger partial charge in [0.15, 0.2) is 0 Å². The Morgan fingerprint density at radius 2 is 2.06 bits per heavy atom. The summed E-state index contributed by atoms with van der Waals surface area (Å²) in [5.74, 6) is 0. The van der Waals surface area contributed by atoms with Gasteiger partial charge in [-0.05, 0) is 12.0 Å². The number of ether oxygens (including phenoxy) is 1. The van der Waals surface area contributed by atoms with E-state index in [0.29, 0.717) is 0 Å². The molecule has 1 aromatic rings. The third-order valence-electron chi connectivity index (χ3n) is 2.06. The van der Waals surface area contributed by atoms with Crippen molar-refractivity contribution >= 4 is 11.8 Å². The second-order valence-electron chi connectivity index (χ2n) is 3.28. The molecule has 0 radical (unpaired) electrons. The maximum absolute atomic E-state index is 10.9. The minimum absolute atomic E-state index is 0.551. The normalized spacial score (nSPS) is 11.0. The summed E-state index contributed by atoms with van der Waals surface area (Å²) in [5.41, 5.74) is 4.21. The Labute approximate surface area is 95.3 Å². The number of hydrogen-bond acceptors (Lipinski definition) is 3. The smallest absolute Gasteiger partial charge is 0.427 e. The molecule has 1 aromatic carbocycles. The van der Waals surface area contributed by atoms with E-state index in [1.807, 2.05) is 30.3 Å². The average Bonchev–Trinajstić information content (AvgIpc) is 2.35. The lowest BCUT2D eigenvalue weighted by Crippen LogP contribution is -2.19. The number of amides is 1. The molecule has 0 unspecified atom stereocenters. The Balaban J connectivity index is 2.78. The molecule has 86 valence electrons. The van der Waals surface area contributed by atoms with Gasteiger partial charge in [-0.25, -0.2) is 10.2 Å². The van der Waals surface area contributed by atoms with Gasteiger partial charge in [-0.15, -0.1) is 0 Å². The van der Waals surface area contributed by atoms with Gasteiger partial charge in [-0.1, -0.05) is 43.7 Å². The fourth-order valence-electron chi connectivity index (χ4n) is 1.29. The van der Waals surface area contributed by atoms with E-state index < -0.39 is 6.09 Å². The Morgan fingerprint density at radius 1 is 1.38 bits per heavy atom. The first-order chi connectivity index (χ1) is 7.77. The largest absolute Gasteiger partial charge is 0.452 e. The molecule has 0 aliphatic heterocycles. The van der Waals surface area contributed by atoms with E-state index in [2.05, 4.69) is 22.2 Å². The highest BCUT2D eigenvalue weighted by molar-refractivity contribution is 6.00. The Bertz CT molecular complexity index is 361. The number of hydrogen-bond donors (Lipinski definition) is 1. The number of benzene rings is 1. The lowest BCUT2D eigenvalue weighted by atomic mass is 10.1. The van der Waals surface area contributed by atoms with Crippen LogP contribution in [0.2, 0.25) is 0 Å². The molecule has 0 saturated carbocycles. The average molecular weight is 220 g/mol. The zero-order valence-corrected chi connectivity index (χ0v) is 9.56. The molecule has 0 bridgehead atoms. The zero-order valence-electron chi connectivity index (χ0n) is 9.56. The van der Waals surface area contributed by atoms with Gasteiger partial charge in [0.25, 0.3) is 0 Å². The summed E-state index contributed by atoms with van der Waals surface area (Å²) in [4.78, 5) is 10.9. The fraction of sp³-hybridized carbons (Fsp3) is 0.333. The van der Waals surface area contributed by atoms with Crippen molar-refractivity contribution in [1.82, 2.24) is 5.43 Å². The fourth-order valence-corrected chi connectivity index (χ4v) is 1.29. The number of hydrazone groups is 1. The van der Waals surface area contributed by atoms with Crippen LogP contribution in [0.5, 0.6) is 0 Å². The van der Waals surface area contributed by atoms with E-state index in [1.54, 1.807) is 0 Å². The minimum Gasteiger partial charge on any atom is -0.452 e. The SMILES string of the molecule is CCC/C(=N\NC(=O)OC)c1ccccc1. The summed E-state index contributed by atoms with van der Waals surface area (Å²) >= 11 is 0. The molecule has 0 spiro atoms. The van der Waals surface area contributed by atoms with Crippen LogP contribution < -0.4 is 5.43 Å². The summed E-state index contributed by atoms with van der Waals surface area (Å²) < 4.78 is 4.46. The molecule has 0 fully saturated rings. The van der Waals surface area contributed by atoms with Crippen LogP contribution in [0.3, 0.4) is 0 Å². The molecule has 1 rings (SSSR count). The molecule has 1 N–H and O–H groups in total. The zero-order chi connectivity index (χ0) is 11.8. The number of nitrogens with one attached hydrogen (secondary N) is 1. The molecular weight excluding hydrogens is 204 g/mol. The number of nitrogens with zero attached hydrogens (tertiary/aromatic N) is 1. The van der Waals surface area contributed by atoms with Crippen LogP contribution in [0.4, 0.5) is 4.79 Å². The Morgan fingerprint density at radius 3 is 2.62 bits per heavy atom. The highest BCUT2D eigenvalue weighted by atomic mass is 16.5. The van der Waals surface area contributed by atoms with Crippen molar-refractivity contribution in [2.24, 2.45) is 5.10 Å². The van der Waals surface area contributed by atoms with Gasteiger partial charge in [0, 0.05) is 0 Å². The van der Waals surface area contributed by atoms with Crippen molar-refractivity contribution in [2.75, 3.05) is 7.11 Å². The van der Waals surface area contributed by atoms with Crippen molar-refractivity contribution in [2.45, 2.75) is 19.8 Å². The van der Waals surface area contributed by atoms with E-state index in [9.17, 15) is 4.79 Å². The van der Waals surface area contributed by atoms with Gasteiger partial charge in [-0.2, -0.15) is 5.10 Å². The molecule has 0 atom stereocenters. The predicted molar refractivity (Wildman–Crippen MR) is 63.4 cm³/mol. The summed E-state index contributed by atoms with van der Waals surface area (Å²) in [5, 5.41) is 4.05. The number of carbonyl (C=O) groups is 1. The van der Waals surface area contributed by atoms with Crippen LogP contribution >= 0.6 is 0 Å². The van der Waals surface area contributed by atoms with Gasteiger partial charge in [0.2, 0.25) is 0 Å². The molecular formula is C12H16N2O2. The highest BCUT2D eigenvalue weighted by Gasteiger charge is 2.03. The Kier molecular flexibility index (Phi) is 5.05. The lowest BCUT2D eigenvalue weighted by Gasteiger charge is -2.05. The van der Waals surface area contributed by atoms with Crippen LogP contribution in [-0.2, 0) is 4.74 Å². The Hall–Kier alpha value is -1.84. The maximum Gasteiger partial charge on any atom is 0.427 e. The van der Waals surface area contributed by atoms with Crippen molar-refractivity contribution in [3.05, 3.63) is 35.9 Å². The van der Waals surface area contributed by atoms with Crippen LogP contribution in [0.1, 0.15) is 25.3 Å². The van der Waals surface area contributed by atoms with Crippen LogP contribution in [-0.4, -0.2) is 18.9 Å². The topological polar surface area (TPSA) is 50.7 Å². The van der Waals surface area contributed by atoms with Crippen molar-refractivity contribution < 1.29 is 9.53 Å². The third kappa shape index (κ3) is 3.73. The molecule has 0 heterocycles. The molecule has 0 saturated heterocycles. The summed E-state index contributed by atoms with van der Waals surface area (Å²) in [7, 11) is 1.31. The minimum atomic E-state index is -0.551. The van der Waals surface area contributed by atoms with Crippen molar-refractivity contribution in [3.63, 3.8) is 0 Å². The monoisotopic (exact) mass is 220 g/mol. The first kappa shape index (κ1) is 12.2. The van der Waals surface area contributed by atoms with Gasteiger partial charge in [0.05, 0.1) is 12.8 Å². The van der Waals surface area contributed by atoms with Crippen LogP contribution in [0, 0.1) is 0 Å². The summed E-state index contributed by atoms with van der Waals surface area (Å²) in [6.45, 7) is 2.07. The molecule has 0 aliphatic rings. The van der Waals surface area contributed by atoms with Crippen molar-refractivity contribution in [3.8, 4) is 0 Å². The van der Waals surface area contributed by atoms with Crippen molar-refractivity contribution in [1.29, 1.82) is 0 Å². The molecule has 4 heteroatoms. The van der Waals surface area contributed by atoms with Gasteiger partial charge >= 0.3 is 6.09 Å². The third-order valence-corrected chi connectivity index (χ3v) is 2.06. The quantitative estimate of drug-likeness (QED) is 0.626. The lowest BCUT2D eigenvalue weighted by molar-refractivity contribution is 0.171. The maximum atomic E-state index is 10.9. The highest BCUT2D eigenvalue weighted by Crippen LogP contribution is 2.05. The van der Waals surface area contributed by atoms with Gasteiger partial charge < -0.3 is 4.74 Å². The van der Waals surface area contributed by atoms with Gasteiger partial charge in [0.1, 0.15) is 0 Å². The van der Waals surface area contributed by atoms with E-state index in [1.165, 1.54) is 7.11 Å². The number of methoxy groups -OCH3 is 1. The van der Waals surface area contributed by atoms with Crippen LogP contribution in [0.25, 0.3) is 0 Å². The summed E-state index contributed by atoms with van der Waals surface area (Å²) in [6, 6.07) is 9.76. The van der Waals surface area contributed by atoms with E-state index in [0.717, 1.165) is 24.1 Å². The van der Waals surface area contributed by atoms with E-state index in [-0.39, 0.29) is 0 Å². The molecule has 1 amide bonds. The number of carbonyl (C=O) groups excluding carboxylic acids is 1. The first-order valence-electron chi connectivity index (χ1n) is 5.24. The standard InChI is InChI=1S/C12H16N2O2/c1-3-7-11(13-14-12(15)16-2)10-8-5-4-6-9-10/h4-6,8-9H,3,7H2,1-2H3,(H,14,15)/b13-11+. The van der Waals surface area contributed by atoms with E-state index in [4.69, 9.17) is 0 Å². The second-order valence-corrected chi connectivity index (χ2v) is 3.28. The summed E-state index contributed by atoms with van der Waals surface area (Å²) in [6.07, 6.45) is 1.23. The predicted octanol–water partition coefficient (Wildman–Crippen LogP) is 2.55. The molecule has 4 nitrogen and oxygen atoms in total. The van der Waals surface area contributed by atoms with Crippen LogP contribution in [0.15, 0.2) is 35.4 Å².